The molecule has 3 nitrogen and oxygen atoms in total. The van der Waals surface area contributed by atoms with Crippen molar-refractivity contribution in [2.24, 2.45) is 5.92 Å². The zero-order chi connectivity index (χ0) is 12.7. The molecule has 1 saturated carbocycles. The number of carbonyl (C=O) groups is 1. The van der Waals surface area contributed by atoms with Crippen LogP contribution in [0.4, 0.5) is 0 Å². The van der Waals surface area contributed by atoms with Crippen LogP contribution in [0, 0.1) is 5.92 Å². The van der Waals surface area contributed by atoms with E-state index in [-0.39, 0.29) is 11.9 Å². The van der Waals surface area contributed by atoms with Gasteiger partial charge in [0.05, 0.1) is 6.04 Å². The predicted octanol–water partition coefficient (Wildman–Crippen LogP) is 2.46. The van der Waals surface area contributed by atoms with E-state index in [9.17, 15) is 4.79 Å². The Balaban J connectivity index is 2.07. The number of unbranched alkanes of at least 4 members (excludes halogenated alkanes) is 2. The van der Waals surface area contributed by atoms with Crippen LogP contribution in [-0.2, 0) is 4.79 Å². The topological polar surface area (TPSA) is 41.1 Å². The maximum atomic E-state index is 11.8. The molecule has 0 bridgehead atoms. The maximum Gasteiger partial charge on any atom is 0.236 e. The average Bonchev–Trinajstić information content (AvgIpc) is 3.07. The molecule has 0 aromatic carbocycles. The number of rotatable bonds is 9. The van der Waals surface area contributed by atoms with E-state index in [0.29, 0.717) is 6.04 Å². The lowest BCUT2D eigenvalue weighted by molar-refractivity contribution is -0.122. The highest BCUT2D eigenvalue weighted by atomic mass is 16.2. The van der Waals surface area contributed by atoms with Crippen molar-refractivity contribution in [3.63, 3.8) is 0 Å². The molecule has 100 valence electrons. The molecule has 0 saturated heterocycles. The van der Waals surface area contributed by atoms with Crippen molar-refractivity contribution in [2.45, 2.75) is 71.4 Å². The lowest BCUT2D eigenvalue weighted by atomic mass is 10.1. The molecule has 1 aliphatic rings. The van der Waals surface area contributed by atoms with Gasteiger partial charge in [0.25, 0.3) is 0 Å². The lowest BCUT2D eigenvalue weighted by Crippen LogP contribution is -2.46. The maximum absolute atomic E-state index is 11.8. The summed E-state index contributed by atoms with van der Waals surface area (Å²) < 4.78 is 0. The molecule has 1 fully saturated rings. The van der Waals surface area contributed by atoms with E-state index in [0.717, 1.165) is 18.9 Å². The molecule has 0 aliphatic heterocycles. The van der Waals surface area contributed by atoms with E-state index in [2.05, 4.69) is 24.5 Å². The molecule has 2 atom stereocenters. The van der Waals surface area contributed by atoms with E-state index < -0.39 is 0 Å². The quantitative estimate of drug-likeness (QED) is 0.608. The summed E-state index contributed by atoms with van der Waals surface area (Å²) >= 11 is 0. The van der Waals surface area contributed by atoms with Crippen LogP contribution in [0.15, 0.2) is 0 Å². The fraction of sp³-hybridized carbons (Fsp3) is 0.929. The first-order chi connectivity index (χ1) is 8.13. The van der Waals surface area contributed by atoms with Gasteiger partial charge in [0.1, 0.15) is 0 Å². The van der Waals surface area contributed by atoms with Crippen molar-refractivity contribution in [3.8, 4) is 0 Å². The molecule has 1 rings (SSSR count). The van der Waals surface area contributed by atoms with Crippen molar-refractivity contribution < 1.29 is 4.79 Å². The summed E-state index contributed by atoms with van der Waals surface area (Å²) in [6, 6.07) is 0.393. The van der Waals surface area contributed by atoms with Gasteiger partial charge < -0.3 is 10.6 Å². The van der Waals surface area contributed by atoms with Crippen LogP contribution < -0.4 is 10.6 Å². The molecule has 2 unspecified atom stereocenters. The van der Waals surface area contributed by atoms with E-state index in [1.54, 1.807) is 0 Å². The summed E-state index contributed by atoms with van der Waals surface area (Å²) in [5.41, 5.74) is 0. The smallest absolute Gasteiger partial charge is 0.236 e. The van der Waals surface area contributed by atoms with Gasteiger partial charge in [-0.05, 0) is 32.6 Å². The highest BCUT2D eigenvalue weighted by Crippen LogP contribution is 2.33. The number of carbonyl (C=O) groups excluding carboxylic acids is 1. The largest absolute Gasteiger partial charge is 0.355 e. The van der Waals surface area contributed by atoms with Gasteiger partial charge in [-0.2, -0.15) is 0 Å². The Morgan fingerprint density at radius 1 is 1.29 bits per heavy atom. The van der Waals surface area contributed by atoms with Crippen LogP contribution in [0.5, 0.6) is 0 Å². The molecule has 0 aromatic rings. The van der Waals surface area contributed by atoms with Crippen molar-refractivity contribution in [1.82, 2.24) is 10.6 Å². The lowest BCUT2D eigenvalue weighted by Gasteiger charge is -2.19. The summed E-state index contributed by atoms with van der Waals surface area (Å²) in [4.78, 5) is 11.8. The highest BCUT2D eigenvalue weighted by molar-refractivity contribution is 5.81. The number of nitrogens with one attached hydrogen (secondary N) is 2. The Morgan fingerprint density at radius 3 is 2.59 bits per heavy atom. The first-order valence-electron chi connectivity index (χ1n) is 7.17. The van der Waals surface area contributed by atoms with E-state index in [4.69, 9.17) is 0 Å². The molecule has 17 heavy (non-hydrogen) atoms. The standard InChI is InChI=1S/C14H28N2O/c1-4-5-6-9-15-14(17)12(3)16-11(2)10-13-7-8-13/h11-13,16H,4-10H2,1-3H3,(H,15,17). The molecule has 3 heteroatoms. The minimum absolute atomic E-state index is 0.0645. The molecule has 0 spiro atoms. The van der Waals surface area contributed by atoms with Crippen LogP contribution in [0.25, 0.3) is 0 Å². The van der Waals surface area contributed by atoms with Crippen LogP contribution in [-0.4, -0.2) is 24.5 Å². The molecule has 1 aliphatic carbocycles. The van der Waals surface area contributed by atoms with Crippen molar-refractivity contribution >= 4 is 5.91 Å². The molecule has 0 aromatic heterocycles. The third-order valence-electron chi connectivity index (χ3n) is 3.39. The predicted molar refractivity (Wildman–Crippen MR) is 71.9 cm³/mol. The van der Waals surface area contributed by atoms with Crippen molar-refractivity contribution in [2.75, 3.05) is 6.54 Å². The molecule has 0 radical (unpaired) electrons. The monoisotopic (exact) mass is 240 g/mol. The summed E-state index contributed by atoms with van der Waals surface area (Å²) in [5, 5.41) is 6.37. The molecule has 2 N–H and O–H groups in total. The zero-order valence-corrected chi connectivity index (χ0v) is 11.6. The fourth-order valence-corrected chi connectivity index (χ4v) is 2.16. The van der Waals surface area contributed by atoms with Gasteiger partial charge in [-0.25, -0.2) is 0 Å². The minimum atomic E-state index is -0.0645. The third-order valence-corrected chi connectivity index (χ3v) is 3.39. The minimum Gasteiger partial charge on any atom is -0.355 e. The Labute approximate surface area is 106 Å². The highest BCUT2D eigenvalue weighted by Gasteiger charge is 2.24. The number of hydrogen-bond donors (Lipinski definition) is 2. The van der Waals surface area contributed by atoms with Crippen LogP contribution in [0.2, 0.25) is 0 Å². The molecular formula is C14H28N2O. The van der Waals surface area contributed by atoms with Gasteiger partial charge in [0.15, 0.2) is 0 Å². The van der Waals surface area contributed by atoms with Crippen LogP contribution in [0.3, 0.4) is 0 Å². The van der Waals surface area contributed by atoms with Crippen molar-refractivity contribution in [3.05, 3.63) is 0 Å². The summed E-state index contributed by atoms with van der Waals surface area (Å²) in [6.45, 7) is 7.12. The SMILES string of the molecule is CCCCCNC(=O)C(C)NC(C)CC1CC1. The second kappa shape index (κ2) is 7.70. The first-order valence-corrected chi connectivity index (χ1v) is 7.17. The number of amides is 1. The van der Waals surface area contributed by atoms with Gasteiger partial charge in [0.2, 0.25) is 5.91 Å². The molecule has 0 heterocycles. The third kappa shape index (κ3) is 6.67. The molecule has 1 amide bonds. The van der Waals surface area contributed by atoms with E-state index >= 15 is 0 Å². The summed E-state index contributed by atoms with van der Waals surface area (Å²) in [7, 11) is 0. The van der Waals surface area contributed by atoms with Gasteiger partial charge in [-0.15, -0.1) is 0 Å². The Hall–Kier alpha value is -0.570. The second-order valence-corrected chi connectivity index (χ2v) is 5.47. The Bertz CT molecular complexity index is 226. The van der Waals surface area contributed by atoms with Crippen LogP contribution >= 0.6 is 0 Å². The summed E-state index contributed by atoms with van der Waals surface area (Å²) in [5.74, 6) is 1.06. The van der Waals surface area contributed by atoms with Gasteiger partial charge in [-0.3, -0.25) is 4.79 Å². The van der Waals surface area contributed by atoms with E-state index in [1.807, 2.05) is 6.92 Å². The average molecular weight is 240 g/mol. The van der Waals surface area contributed by atoms with Gasteiger partial charge >= 0.3 is 0 Å². The van der Waals surface area contributed by atoms with E-state index in [1.165, 1.54) is 32.1 Å². The van der Waals surface area contributed by atoms with Gasteiger partial charge in [-0.1, -0.05) is 32.6 Å². The summed E-state index contributed by atoms with van der Waals surface area (Å²) in [6.07, 6.45) is 7.45. The van der Waals surface area contributed by atoms with Crippen LogP contribution in [0.1, 0.15) is 59.3 Å². The fourth-order valence-electron chi connectivity index (χ4n) is 2.16. The Kier molecular flexibility index (Phi) is 6.56. The second-order valence-electron chi connectivity index (χ2n) is 5.47. The van der Waals surface area contributed by atoms with Gasteiger partial charge in [0, 0.05) is 12.6 Å². The zero-order valence-electron chi connectivity index (χ0n) is 11.6. The normalized spacial score (nSPS) is 18.8. The first kappa shape index (κ1) is 14.5. The van der Waals surface area contributed by atoms with Crippen molar-refractivity contribution in [1.29, 1.82) is 0 Å². The molecular weight excluding hydrogens is 212 g/mol. The number of hydrogen-bond acceptors (Lipinski definition) is 2. The Morgan fingerprint density at radius 2 is 2.00 bits per heavy atom.